The van der Waals surface area contributed by atoms with E-state index in [0.717, 1.165) is 0 Å². The van der Waals surface area contributed by atoms with Gasteiger partial charge in [-0.2, -0.15) is 13.7 Å². The minimum atomic E-state index is -3.71. The Kier molecular flexibility index (Phi) is 7.26. The van der Waals surface area contributed by atoms with E-state index in [2.05, 4.69) is 32.8 Å². The summed E-state index contributed by atoms with van der Waals surface area (Å²) in [6.45, 7) is -0.692. The van der Waals surface area contributed by atoms with Crippen LogP contribution in [0.1, 0.15) is 0 Å². The molecule has 0 rings (SSSR count). The quantitative estimate of drug-likeness (QED) is 0.242. The highest BCUT2D eigenvalue weighted by Crippen LogP contribution is 2.11. The maximum Gasteiger partial charge on any atom is 0.766 e. The Morgan fingerprint density at radius 1 is 0.923 bits per heavy atom. The lowest BCUT2D eigenvalue weighted by molar-refractivity contribution is -0.374. The SMILES string of the molecule is COO[Si](OCO)(OOC)OOC. The second-order valence-corrected chi connectivity index (χ2v) is 3.31. The first-order valence-electron chi connectivity index (χ1n) is 3.15. The van der Waals surface area contributed by atoms with Crippen molar-refractivity contribution in [3.8, 4) is 0 Å². The highest BCUT2D eigenvalue weighted by molar-refractivity contribution is 6.52. The minimum absolute atomic E-state index is 0.692. The average Bonchev–Trinajstić information content (AvgIpc) is 2.06. The summed E-state index contributed by atoms with van der Waals surface area (Å²) in [6.07, 6.45) is 0. The molecule has 0 aromatic rings. The minimum Gasteiger partial charge on any atom is -0.371 e. The summed E-state index contributed by atoms with van der Waals surface area (Å²) >= 11 is 0. The number of aliphatic hydroxyl groups excluding tert-OH is 1. The van der Waals surface area contributed by atoms with Crippen molar-refractivity contribution in [1.29, 1.82) is 0 Å². The zero-order valence-electron chi connectivity index (χ0n) is 7.51. The lowest BCUT2D eigenvalue weighted by Crippen LogP contribution is -2.48. The first-order valence-corrected chi connectivity index (χ1v) is 4.78. The van der Waals surface area contributed by atoms with E-state index in [4.69, 9.17) is 5.11 Å². The van der Waals surface area contributed by atoms with E-state index in [-0.39, 0.29) is 0 Å². The van der Waals surface area contributed by atoms with Gasteiger partial charge in [0.25, 0.3) is 0 Å². The van der Waals surface area contributed by atoms with Crippen LogP contribution < -0.4 is 0 Å². The Labute approximate surface area is 76.1 Å². The summed E-state index contributed by atoms with van der Waals surface area (Å²) < 4.78 is 18.1. The van der Waals surface area contributed by atoms with E-state index in [9.17, 15) is 0 Å². The number of aliphatic hydroxyl groups is 1. The third-order valence-electron chi connectivity index (χ3n) is 0.798. The molecule has 0 fully saturated rings. The van der Waals surface area contributed by atoms with Gasteiger partial charge in [0.15, 0.2) is 0 Å². The third-order valence-corrected chi connectivity index (χ3v) is 2.39. The predicted octanol–water partition coefficient (Wildman–Crippen LogP) is -0.878. The topological polar surface area (TPSA) is 84.8 Å². The van der Waals surface area contributed by atoms with Crippen LogP contribution in [-0.4, -0.2) is 42.3 Å². The van der Waals surface area contributed by atoms with Gasteiger partial charge < -0.3 is 9.53 Å². The fourth-order valence-electron chi connectivity index (χ4n) is 0.499. The molecule has 0 aliphatic heterocycles. The van der Waals surface area contributed by atoms with Gasteiger partial charge >= 0.3 is 9.05 Å². The molecular weight excluding hydrogens is 204 g/mol. The summed E-state index contributed by atoms with van der Waals surface area (Å²) in [4.78, 5) is 12.8. The van der Waals surface area contributed by atoms with Crippen LogP contribution in [0.3, 0.4) is 0 Å². The summed E-state index contributed by atoms with van der Waals surface area (Å²) in [5.74, 6) is 0. The van der Waals surface area contributed by atoms with Crippen LogP contribution in [0, 0.1) is 0 Å². The van der Waals surface area contributed by atoms with Crippen molar-refractivity contribution in [1.82, 2.24) is 0 Å². The van der Waals surface area contributed by atoms with Crippen molar-refractivity contribution in [2.24, 2.45) is 0 Å². The molecule has 0 saturated heterocycles. The molecule has 80 valence electrons. The van der Waals surface area contributed by atoms with Gasteiger partial charge in [0.2, 0.25) is 0 Å². The molecule has 0 aromatic carbocycles. The van der Waals surface area contributed by atoms with Gasteiger partial charge in [0, 0.05) is 0 Å². The lowest BCUT2D eigenvalue weighted by atomic mass is 11.6. The Balaban J connectivity index is 4.19. The Hall–Kier alpha value is -0.103. The fraction of sp³-hybridized carbons (Fsp3) is 1.00. The van der Waals surface area contributed by atoms with E-state index >= 15 is 0 Å². The number of rotatable bonds is 8. The second-order valence-electron chi connectivity index (χ2n) is 1.52. The first-order chi connectivity index (χ1) is 6.24. The molecule has 8 nitrogen and oxygen atoms in total. The van der Waals surface area contributed by atoms with Crippen molar-refractivity contribution < 1.29 is 37.9 Å². The van der Waals surface area contributed by atoms with Crippen LogP contribution >= 0.6 is 0 Å². The molecule has 0 unspecified atom stereocenters. The van der Waals surface area contributed by atoms with E-state index < -0.39 is 15.8 Å². The van der Waals surface area contributed by atoms with E-state index in [1.165, 1.54) is 21.3 Å². The summed E-state index contributed by atoms with van der Waals surface area (Å²) in [6, 6.07) is 0. The monoisotopic (exact) mass is 216 g/mol. The molecule has 0 atom stereocenters. The van der Waals surface area contributed by atoms with Gasteiger partial charge in [0.1, 0.15) is 6.79 Å². The van der Waals surface area contributed by atoms with Crippen LogP contribution in [0.4, 0.5) is 0 Å². The van der Waals surface area contributed by atoms with Crippen molar-refractivity contribution in [2.45, 2.75) is 0 Å². The Morgan fingerprint density at radius 3 is 1.54 bits per heavy atom. The predicted molar refractivity (Wildman–Crippen MR) is 38.2 cm³/mol. The smallest absolute Gasteiger partial charge is 0.371 e. The molecule has 0 radical (unpaired) electrons. The lowest BCUT2D eigenvalue weighted by Gasteiger charge is -2.20. The second kappa shape index (κ2) is 7.31. The van der Waals surface area contributed by atoms with Crippen LogP contribution in [0.2, 0.25) is 0 Å². The molecule has 0 amide bonds. The molecule has 9 heteroatoms. The molecule has 0 bridgehead atoms. The molecule has 0 aromatic heterocycles. The average molecular weight is 216 g/mol. The van der Waals surface area contributed by atoms with Crippen molar-refractivity contribution in [3.63, 3.8) is 0 Å². The third kappa shape index (κ3) is 4.61. The largest absolute Gasteiger partial charge is 0.766 e. The molecular formula is C4H12O8Si. The van der Waals surface area contributed by atoms with Crippen molar-refractivity contribution in [2.75, 3.05) is 28.1 Å². The van der Waals surface area contributed by atoms with Gasteiger partial charge in [-0.05, 0) is 0 Å². The van der Waals surface area contributed by atoms with Crippen molar-refractivity contribution in [3.05, 3.63) is 0 Å². The zero-order chi connectivity index (χ0) is 10.2. The highest BCUT2D eigenvalue weighted by Gasteiger charge is 2.51. The molecule has 13 heavy (non-hydrogen) atoms. The fourth-order valence-corrected chi connectivity index (χ4v) is 1.50. The Bertz CT molecular complexity index is 91.2. The summed E-state index contributed by atoms with van der Waals surface area (Å²) in [7, 11) is -0.0856. The van der Waals surface area contributed by atoms with Crippen molar-refractivity contribution >= 4 is 9.05 Å². The van der Waals surface area contributed by atoms with Gasteiger partial charge in [-0.25, -0.2) is 14.7 Å². The number of hydrogen-bond donors (Lipinski definition) is 1. The molecule has 0 spiro atoms. The van der Waals surface area contributed by atoms with Crippen LogP contribution in [-0.2, 0) is 32.8 Å². The van der Waals surface area contributed by atoms with Gasteiger partial charge in [0.05, 0.1) is 21.3 Å². The first kappa shape index (κ1) is 12.9. The van der Waals surface area contributed by atoms with Crippen LogP contribution in [0.5, 0.6) is 0 Å². The molecule has 0 heterocycles. The summed E-state index contributed by atoms with van der Waals surface area (Å²) in [5.41, 5.74) is 0. The van der Waals surface area contributed by atoms with E-state index in [1.807, 2.05) is 0 Å². The molecule has 0 aliphatic carbocycles. The molecule has 0 aliphatic rings. The normalized spacial score (nSPS) is 12.0. The standard InChI is InChI=1S/C4H12O8Si/c1-6-10-13(9-4-5,11-7-2)12-8-3/h5H,4H2,1-3H3. The van der Waals surface area contributed by atoms with Gasteiger partial charge in [-0.1, -0.05) is 0 Å². The molecule has 1 N–H and O–H groups in total. The number of hydrogen-bond acceptors (Lipinski definition) is 8. The van der Waals surface area contributed by atoms with Gasteiger partial charge in [-0.3, -0.25) is 0 Å². The maximum absolute atomic E-state index is 8.49. The summed E-state index contributed by atoms with van der Waals surface area (Å²) in [5, 5.41) is 8.49. The van der Waals surface area contributed by atoms with Crippen LogP contribution in [0.15, 0.2) is 0 Å². The molecule has 0 saturated carbocycles. The van der Waals surface area contributed by atoms with Crippen LogP contribution in [0.25, 0.3) is 0 Å². The van der Waals surface area contributed by atoms with E-state index in [1.54, 1.807) is 0 Å². The maximum atomic E-state index is 8.49. The van der Waals surface area contributed by atoms with Gasteiger partial charge in [-0.15, -0.1) is 0 Å². The van der Waals surface area contributed by atoms with E-state index in [0.29, 0.717) is 0 Å². The highest BCUT2D eigenvalue weighted by atomic mass is 28.4. The zero-order valence-corrected chi connectivity index (χ0v) is 8.51. The Morgan fingerprint density at radius 2 is 1.31 bits per heavy atom.